The summed E-state index contributed by atoms with van der Waals surface area (Å²) in [4.78, 5) is 19.3. The fourth-order valence-electron chi connectivity index (χ4n) is 2.78. The molecule has 2 amide bonds. The maximum Gasteiger partial charge on any atom is 0.408 e. The summed E-state index contributed by atoms with van der Waals surface area (Å²) in [7, 11) is 0. The monoisotopic (exact) mass is 459 g/mol. The number of alkyl halides is 5. The zero-order chi connectivity index (χ0) is 22.6. The van der Waals surface area contributed by atoms with Gasteiger partial charge in [0, 0.05) is 5.69 Å². The lowest BCUT2D eigenvalue weighted by molar-refractivity contribution is -0.118. The first kappa shape index (κ1) is 22.9. The molecule has 0 aromatic heterocycles. The largest absolute Gasteiger partial charge is 0.435 e. The molecule has 11 heteroatoms. The molecule has 166 valence electrons. The Morgan fingerprint density at radius 1 is 1.10 bits per heavy atom. The van der Waals surface area contributed by atoms with E-state index in [-0.39, 0.29) is 23.3 Å². The van der Waals surface area contributed by atoms with Gasteiger partial charge in [-0.1, -0.05) is 41.6 Å². The van der Waals surface area contributed by atoms with Crippen molar-refractivity contribution in [3.05, 3.63) is 59.7 Å². The van der Waals surface area contributed by atoms with Gasteiger partial charge in [0.15, 0.2) is 5.17 Å². The Hall–Kier alpha value is -2.82. The van der Waals surface area contributed by atoms with Crippen molar-refractivity contribution in [1.29, 1.82) is 0 Å². The number of amides is 2. The minimum Gasteiger partial charge on any atom is -0.435 e. The van der Waals surface area contributed by atoms with Crippen LogP contribution in [0.5, 0.6) is 5.75 Å². The SMILES string of the molecule is Cc1ccc(N2CSC(=NCC(F)(F)F)N(Cc3ccc(OC(F)F)cc3)C2=O)cc1. The van der Waals surface area contributed by atoms with Crippen molar-refractivity contribution in [1.82, 2.24) is 4.90 Å². The highest BCUT2D eigenvalue weighted by Crippen LogP contribution is 2.29. The molecule has 0 saturated carbocycles. The number of hydrogen-bond donors (Lipinski definition) is 0. The minimum atomic E-state index is -4.51. The quantitative estimate of drug-likeness (QED) is 0.525. The van der Waals surface area contributed by atoms with Gasteiger partial charge >= 0.3 is 18.8 Å². The molecule has 1 saturated heterocycles. The van der Waals surface area contributed by atoms with Gasteiger partial charge in [-0.2, -0.15) is 22.0 Å². The van der Waals surface area contributed by atoms with Crippen molar-refractivity contribution >= 4 is 28.6 Å². The van der Waals surface area contributed by atoms with Crippen LogP contribution in [-0.2, 0) is 6.54 Å². The van der Waals surface area contributed by atoms with Crippen LogP contribution in [0.15, 0.2) is 53.5 Å². The predicted octanol–water partition coefficient (Wildman–Crippen LogP) is 5.65. The summed E-state index contributed by atoms with van der Waals surface area (Å²) >= 11 is 1.01. The third-order valence-electron chi connectivity index (χ3n) is 4.24. The molecule has 0 atom stereocenters. The number of hydrogen-bond acceptors (Lipinski definition) is 4. The summed E-state index contributed by atoms with van der Waals surface area (Å²) in [5.74, 6) is 0.0429. The van der Waals surface area contributed by atoms with E-state index >= 15 is 0 Å². The second-order valence-electron chi connectivity index (χ2n) is 6.64. The van der Waals surface area contributed by atoms with Crippen LogP contribution in [-0.4, -0.2) is 41.3 Å². The summed E-state index contributed by atoms with van der Waals surface area (Å²) in [6.07, 6.45) is -4.51. The van der Waals surface area contributed by atoms with E-state index in [0.717, 1.165) is 22.2 Å². The summed E-state index contributed by atoms with van der Waals surface area (Å²) in [6.45, 7) is -2.58. The first-order valence-corrected chi connectivity index (χ1v) is 10.0. The third-order valence-corrected chi connectivity index (χ3v) is 5.24. The van der Waals surface area contributed by atoms with Crippen molar-refractivity contribution < 1.29 is 31.5 Å². The molecule has 0 N–H and O–H groups in total. The number of aryl methyl sites for hydroxylation is 1. The van der Waals surface area contributed by atoms with Crippen molar-refractivity contribution in [2.75, 3.05) is 17.3 Å². The van der Waals surface area contributed by atoms with Gasteiger partial charge in [-0.25, -0.2) is 4.79 Å². The average Bonchev–Trinajstić information content (AvgIpc) is 2.69. The number of anilines is 1. The maximum atomic E-state index is 13.1. The molecule has 31 heavy (non-hydrogen) atoms. The highest BCUT2D eigenvalue weighted by atomic mass is 32.2. The number of carbonyl (C=O) groups excluding carboxylic acids is 1. The molecule has 0 aliphatic carbocycles. The molecule has 2 aromatic rings. The van der Waals surface area contributed by atoms with Gasteiger partial charge in [0.05, 0.1) is 12.4 Å². The smallest absolute Gasteiger partial charge is 0.408 e. The van der Waals surface area contributed by atoms with Gasteiger partial charge in [-0.3, -0.25) is 14.8 Å². The highest BCUT2D eigenvalue weighted by Gasteiger charge is 2.34. The second kappa shape index (κ2) is 9.54. The van der Waals surface area contributed by atoms with Crippen LogP contribution >= 0.6 is 11.8 Å². The summed E-state index contributed by atoms with van der Waals surface area (Å²) in [6, 6.07) is 12.1. The minimum absolute atomic E-state index is 0.0569. The van der Waals surface area contributed by atoms with Crippen molar-refractivity contribution in [2.45, 2.75) is 26.3 Å². The Balaban J connectivity index is 1.85. The van der Waals surface area contributed by atoms with Gasteiger partial charge in [0.25, 0.3) is 0 Å². The number of rotatable bonds is 6. The fraction of sp³-hybridized carbons (Fsp3) is 0.300. The first-order valence-electron chi connectivity index (χ1n) is 9.06. The number of nitrogens with zero attached hydrogens (tertiary/aromatic N) is 3. The summed E-state index contributed by atoms with van der Waals surface area (Å²) < 4.78 is 67.0. The van der Waals surface area contributed by atoms with Crippen LogP contribution in [0.2, 0.25) is 0 Å². The molecular formula is C20H18F5N3O2S. The number of thioether (sulfide) groups is 1. The lowest BCUT2D eigenvalue weighted by atomic mass is 10.2. The van der Waals surface area contributed by atoms with Gasteiger partial charge in [-0.15, -0.1) is 0 Å². The molecule has 1 aliphatic rings. The number of carbonyl (C=O) groups is 1. The van der Waals surface area contributed by atoms with Crippen molar-refractivity contribution in [2.24, 2.45) is 4.99 Å². The molecule has 1 fully saturated rings. The van der Waals surface area contributed by atoms with Gasteiger partial charge in [0.1, 0.15) is 12.3 Å². The Kier molecular flexibility index (Phi) is 7.04. The lowest BCUT2D eigenvalue weighted by Gasteiger charge is -2.36. The Labute approximate surface area is 179 Å². The zero-order valence-electron chi connectivity index (χ0n) is 16.3. The van der Waals surface area contributed by atoms with Gasteiger partial charge in [0.2, 0.25) is 0 Å². The fourth-order valence-corrected chi connectivity index (χ4v) is 3.73. The van der Waals surface area contributed by atoms with Crippen molar-refractivity contribution in [3.8, 4) is 5.75 Å². The van der Waals surface area contributed by atoms with Crippen LogP contribution in [0, 0.1) is 6.92 Å². The van der Waals surface area contributed by atoms with Crippen LogP contribution in [0.4, 0.5) is 32.4 Å². The van der Waals surface area contributed by atoms with Crippen LogP contribution < -0.4 is 9.64 Å². The number of benzene rings is 2. The number of amidine groups is 1. The van der Waals surface area contributed by atoms with E-state index in [0.29, 0.717) is 11.3 Å². The van der Waals surface area contributed by atoms with Crippen molar-refractivity contribution in [3.63, 3.8) is 0 Å². The van der Waals surface area contributed by atoms with E-state index in [9.17, 15) is 26.7 Å². The normalized spacial score (nSPS) is 16.4. The second-order valence-corrected chi connectivity index (χ2v) is 7.55. The lowest BCUT2D eigenvalue weighted by Crippen LogP contribution is -2.50. The standard InChI is InChI=1S/C20H18F5N3O2S/c1-13-2-6-15(7-3-13)28-12-31-18(26-11-20(23,24)25)27(19(28)29)10-14-4-8-16(9-5-14)30-17(21)22/h2-9,17H,10-12H2,1H3. The molecule has 0 bridgehead atoms. The molecule has 2 aromatic carbocycles. The van der Waals surface area contributed by atoms with Crippen LogP contribution in [0.3, 0.4) is 0 Å². The molecule has 1 aliphatic heterocycles. The van der Waals surface area contributed by atoms with E-state index < -0.39 is 25.4 Å². The summed E-state index contributed by atoms with van der Waals surface area (Å²) in [5.41, 5.74) is 2.11. The average molecular weight is 459 g/mol. The van der Waals surface area contributed by atoms with E-state index in [1.165, 1.54) is 29.2 Å². The molecule has 0 spiro atoms. The molecule has 0 unspecified atom stereocenters. The van der Waals surface area contributed by atoms with Crippen LogP contribution in [0.1, 0.15) is 11.1 Å². The molecule has 0 radical (unpaired) electrons. The predicted molar refractivity (Wildman–Crippen MR) is 108 cm³/mol. The number of urea groups is 1. The maximum absolute atomic E-state index is 13.1. The molecule has 3 rings (SSSR count). The molecular weight excluding hydrogens is 441 g/mol. The number of ether oxygens (including phenoxy) is 1. The van der Waals surface area contributed by atoms with Gasteiger partial charge < -0.3 is 4.74 Å². The van der Waals surface area contributed by atoms with E-state index in [4.69, 9.17) is 0 Å². The third kappa shape index (κ3) is 6.33. The number of halogens is 5. The molecule has 1 heterocycles. The first-order chi connectivity index (χ1) is 14.6. The Morgan fingerprint density at radius 3 is 2.32 bits per heavy atom. The topological polar surface area (TPSA) is 45.1 Å². The van der Waals surface area contributed by atoms with E-state index in [1.54, 1.807) is 12.1 Å². The summed E-state index contributed by atoms with van der Waals surface area (Å²) in [5, 5.41) is -0.0569. The van der Waals surface area contributed by atoms with E-state index in [2.05, 4.69) is 9.73 Å². The highest BCUT2D eigenvalue weighted by molar-refractivity contribution is 8.14. The molecule has 5 nitrogen and oxygen atoms in total. The number of aliphatic imine (C=N–C) groups is 1. The Morgan fingerprint density at radius 2 is 1.74 bits per heavy atom. The Bertz CT molecular complexity index is 933. The van der Waals surface area contributed by atoms with Gasteiger partial charge in [-0.05, 0) is 36.8 Å². The van der Waals surface area contributed by atoms with Crippen LogP contribution in [0.25, 0.3) is 0 Å². The van der Waals surface area contributed by atoms with E-state index in [1.807, 2.05) is 19.1 Å². The zero-order valence-corrected chi connectivity index (χ0v) is 17.1.